The van der Waals surface area contributed by atoms with Gasteiger partial charge in [-0.15, -0.1) is 0 Å². The van der Waals surface area contributed by atoms with E-state index < -0.39 is 0 Å². The van der Waals surface area contributed by atoms with Gasteiger partial charge in [-0.3, -0.25) is 0 Å². The van der Waals surface area contributed by atoms with Gasteiger partial charge in [0.2, 0.25) is 0 Å². The van der Waals surface area contributed by atoms with E-state index in [9.17, 15) is 0 Å². The predicted molar refractivity (Wildman–Crippen MR) is 31.9 cm³/mol. The monoisotopic (exact) mass is 112 g/mol. The van der Waals surface area contributed by atoms with E-state index in [1.807, 2.05) is 26.0 Å². The van der Waals surface area contributed by atoms with E-state index in [-0.39, 0.29) is 17.1 Å². The van der Waals surface area contributed by atoms with Crippen molar-refractivity contribution in [2.75, 3.05) is 21.1 Å². The highest BCUT2D eigenvalue weighted by molar-refractivity contribution is 4.09. The molecule has 0 fully saturated rings. The summed E-state index contributed by atoms with van der Waals surface area (Å²) < 4.78 is 0. The van der Waals surface area contributed by atoms with E-state index in [2.05, 4.69) is 0 Å². The Bertz CT molecular complexity index is 15.7. The molecule has 0 amide bonds. The minimum Gasteiger partial charge on any atom is -0.412 e. The molecule has 0 bridgehead atoms. The molecular formula is C3H16N2O2. The molecule has 7 heavy (non-hydrogen) atoms. The average molecular weight is 112 g/mol. The smallest absolute Gasteiger partial charge is 0.0140 e. The van der Waals surface area contributed by atoms with Gasteiger partial charge in [0.05, 0.1) is 0 Å². The summed E-state index contributed by atoms with van der Waals surface area (Å²) in [5.41, 5.74) is 0. The molecule has 0 aliphatic rings. The van der Waals surface area contributed by atoms with Gasteiger partial charge in [0.1, 0.15) is 0 Å². The molecule has 0 spiro atoms. The summed E-state index contributed by atoms with van der Waals surface area (Å²) in [5, 5.41) is 0. The zero-order valence-electron chi connectivity index (χ0n) is 5.15. The maximum atomic E-state index is 2.00. The summed E-state index contributed by atoms with van der Waals surface area (Å²) in [7, 11) is 6.00. The highest BCUT2D eigenvalue weighted by Crippen LogP contribution is 1.47. The van der Waals surface area contributed by atoms with Gasteiger partial charge in [-0.2, -0.15) is 0 Å². The van der Waals surface area contributed by atoms with Crippen LogP contribution in [-0.4, -0.2) is 37.0 Å². The van der Waals surface area contributed by atoms with Gasteiger partial charge in [0, 0.05) is 0 Å². The lowest BCUT2D eigenvalue weighted by atomic mass is 11.0. The lowest BCUT2D eigenvalue weighted by molar-refractivity contribution is 0.505. The molecule has 4 heteroatoms. The van der Waals surface area contributed by atoms with Crippen LogP contribution in [0.15, 0.2) is 0 Å². The fourth-order valence-electron chi connectivity index (χ4n) is 0. The Kier molecular flexibility index (Phi) is 70.1. The molecule has 0 unspecified atom stereocenters. The quantitative estimate of drug-likeness (QED) is 0.420. The summed E-state index contributed by atoms with van der Waals surface area (Å²) in [6.45, 7) is 0. The Labute approximate surface area is 44.3 Å². The number of hydrogen-bond acceptors (Lipinski definition) is 2. The first kappa shape index (κ1) is 28.9. The highest BCUT2D eigenvalue weighted by Gasteiger charge is 1.58. The van der Waals surface area contributed by atoms with E-state index in [4.69, 9.17) is 0 Å². The van der Waals surface area contributed by atoms with Crippen molar-refractivity contribution in [1.29, 1.82) is 0 Å². The van der Waals surface area contributed by atoms with Crippen molar-refractivity contribution in [3.05, 3.63) is 0 Å². The van der Waals surface area contributed by atoms with Crippen molar-refractivity contribution < 1.29 is 11.0 Å². The zero-order valence-corrected chi connectivity index (χ0v) is 5.15. The molecule has 0 saturated carbocycles. The number of hydrogen-bond donors (Lipinski definition) is 1. The van der Waals surface area contributed by atoms with Crippen LogP contribution in [0, 0.1) is 0 Å². The molecule has 0 saturated heterocycles. The zero-order chi connectivity index (χ0) is 3.58. The number of nitrogens with zero attached hydrogens (tertiary/aromatic N) is 1. The van der Waals surface area contributed by atoms with Gasteiger partial charge in [0.25, 0.3) is 0 Å². The minimum atomic E-state index is 0. The second kappa shape index (κ2) is 17.0. The van der Waals surface area contributed by atoms with Crippen LogP contribution in [0.2, 0.25) is 0 Å². The second-order valence-electron chi connectivity index (χ2n) is 1.34. The van der Waals surface area contributed by atoms with Gasteiger partial charge in [-0.1, -0.05) is 0 Å². The summed E-state index contributed by atoms with van der Waals surface area (Å²) in [5.74, 6) is 0. The first-order chi connectivity index (χ1) is 1.73. The Morgan fingerprint density at radius 1 is 0.857 bits per heavy atom. The molecule has 50 valence electrons. The second-order valence-corrected chi connectivity index (χ2v) is 1.34. The summed E-state index contributed by atoms with van der Waals surface area (Å²) in [6, 6.07) is 0. The summed E-state index contributed by atoms with van der Waals surface area (Å²) >= 11 is 0. The van der Waals surface area contributed by atoms with E-state index in [1.165, 1.54) is 0 Å². The van der Waals surface area contributed by atoms with E-state index in [0.717, 1.165) is 0 Å². The molecule has 0 rings (SSSR count). The van der Waals surface area contributed by atoms with Crippen molar-refractivity contribution in [3.8, 4) is 0 Å². The molecule has 0 aromatic heterocycles. The highest BCUT2D eigenvalue weighted by atomic mass is 16.0. The van der Waals surface area contributed by atoms with Crippen molar-refractivity contribution in [3.63, 3.8) is 0 Å². The van der Waals surface area contributed by atoms with Gasteiger partial charge >= 0.3 is 0 Å². The van der Waals surface area contributed by atoms with Crippen LogP contribution in [-0.2, 0) is 0 Å². The molecule has 0 heterocycles. The third-order valence-corrected chi connectivity index (χ3v) is 0. The van der Waals surface area contributed by atoms with Crippen molar-refractivity contribution in [2.24, 2.45) is 0 Å². The van der Waals surface area contributed by atoms with Crippen molar-refractivity contribution in [1.82, 2.24) is 11.1 Å². The Morgan fingerprint density at radius 2 is 0.857 bits per heavy atom. The third-order valence-electron chi connectivity index (χ3n) is 0. The molecule has 4 nitrogen and oxygen atoms in total. The normalized spacial score (nSPS) is 5.14. The van der Waals surface area contributed by atoms with E-state index in [1.54, 1.807) is 0 Å². The van der Waals surface area contributed by atoms with Crippen LogP contribution in [0.5, 0.6) is 0 Å². The average Bonchev–Trinajstić information content (AvgIpc) is 0.811. The lowest BCUT2D eigenvalue weighted by Gasteiger charge is -1.90. The first-order valence-corrected chi connectivity index (χ1v) is 1.34. The topological polar surface area (TPSA) is 101 Å². The Balaban J connectivity index is -0.0000000150. The molecule has 0 aliphatic carbocycles. The first-order valence-electron chi connectivity index (χ1n) is 1.34. The largest absolute Gasteiger partial charge is 0.412 e. The predicted octanol–water partition coefficient (Wildman–Crippen LogP) is -1.31. The van der Waals surface area contributed by atoms with Crippen LogP contribution in [0.4, 0.5) is 0 Å². The number of rotatable bonds is 0. The van der Waals surface area contributed by atoms with Crippen LogP contribution in [0.1, 0.15) is 0 Å². The molecular weight excluding hydrogens is 96.0 g/mol. The van der Waals surface area contributed by atoms with Crippen LogP contribution >= 0.6 is 0 Å². The van der Waals surface area contributed by atoms with Crippen LogP contribution in [0.3, 0.4) is 0 Å². The van der Waals surface area contributed by atoms with Crippen molar-refractivity contribution >= 4 is 0 Å². The maximum Gasteiger partial charge on any atom is -0.0140 e. The third kappa shape index (κ3) is 3360. The SMILES string of the molecule is CN(C)C.N.O.O. The van der Waals surface area contributed by atoms with E-state index >= 15 is 0 Å². The Morgan fingerprint density at radius 3 is 0.857 bits per heavy atom. The minimum absolute atomic E-state index is 0. The molecule has 0 aromatic rings. The summed E-state index contributed by atoms with van der Waals surface area (Å²) in [6.07, 6.45) is 0. The summed E-state index contributed by atoms with van der Waals surface area (Å²) in [4.78, 5) is 2.00. The fourth-order valence-corrected chi connectivity index (χ4v) is 0. The molecule has 0 aliphatic heterocycles. The standard InChI is InChI=1S/C3H9N.H3N.2H2O/c1-4(2)3;;;/h1-3H3;1H3;2*1H2. The Hall–Kier alpha value is -0.160. The van der Waals surface area contributed by atoms with Crippen LogP contribution < -0.4 is 6.15 Å². The van der Waals surface area contributed by atoms with Gasteiger partial charge < -0.3 is 22.0 Å². The maximum absolute atomic E-state index is 2.00. The fraction of sp³-hybridized carbons (Fsp3) is 1.00. The molecule has 0 atom stereocenters. The molecule has 0 radical (unpaired) electrons. The van der Waals surface area contributed by atoms with Crippen molar-refractivity contribution in [2.45, 2.75) is 0 Å². The van der Waals surface area contributed by atoms with Crippen LogP contribution in [0.25, 0.3) is 0 Å². The molecule has 7 N–H and O–H groups in total. The molecule has 0 aromatic carbocycles. The lowest BCUT2D eigenvalue weighted by Crippen LogP contribution is -1.99. The van der Waals surface area contributed by atoms with Gasteiger partial charge in [0.15, 0.2) is 0 Å². The van der Waals surface area contributed by atoms with E-state index in [0.29, 0.717) is 0 Å². The van der Waals surface area contributed by atoms with Gasteiger partial charge in [-0.05, 0) is 21.1 Å². The van der Waals surface area contributed by atoms with Gasteiger partial charge in [-0.25, -0.2) is 0 Å².